The van der Waals surface area contributed by atoms with E-state index in [1.807, 2.05) is 32.0 Å². The number of nitriles is 1. The van der Waals surface area contributed by atoms with Crippen molar-refractivity contribution in [3.63, 3.8) is 0 Å². The number of hydrogen-bond donors (Lipinski definition) is 0. The maximum atomic E-state index is 13.1. The molecule has 0 radical (unpaired) electrons. The number of hydrogen-bond acceptors (Lipinski definition) is 4. The Morgan fingerprint density at radius 2 is 1.92 bits per heavy atom. The van der Waals surface area contributed by atoms with E-state index in [1.165, 1.54) is 0 Å². The van der Waals surface area contributed by atoms with E-state index in [0.29, 0.717) is 19.4 Å². The summed E-state index contributed by atoms with van der Waals surface area (Å²) in [4.78, 5) is 25.3. The Hall–Kier alpha value is -2.15. The Balaban J connectivity index is 2.30. The first-order chi connectivity index (χ1) is 11.5. The van der Waals surface area contributed by atoms with Gasteiger partial charge in [-0.1, -0.05) is 36.6 Å². The predicted molar refractivity (Wildman–Crippen MR) is 91.4 cm³/mol. The van der Waals surface area contributed by atoms with Gasteiger partial charge in [-0.2, -0.15) is 5.26 Å². The lowest BCUT2D eigenvalue weighted by Crippen LogP contribution is -2.36. The second kappa shape index (κ2) is 8.10. The fraction of sp³-hybridized carbons (Fsp3) is 0.550. The Labute approximate surface area is 143 Å². The summed E-state index contributed by atoms with van der Waals surface area (Å²) in [6.07, 6.45) is 3.16. The maximum Gasteiger partial charge on any atom is 0.309 e. The quantitative estimate of drug-likeness (QED) is 0.770. The van der Waals surface area contributed by atoms with Gasteiger partial charge in [0.2, 0.25) is 0 Å². The molecule has 0 aliphatic heterocycles. The lowest BCUT2D eigenvalue weighted by Gasteiger charge is -2.30. The predicted octanol–water partition coefficient (Wildman–Crippen LogP) is 3.85. The van der Waals surface area contributed by atoms with Crippen LogP contribution < -0.4 is 0 Å². The second-order valence-electron chi connectivity index (χ2n) is 6.57. The molecule has 1 aromatic rings. The second-order valence-corrected chi connectivity index (χ2v) is 6.57. The fourth-order valence-electron chi connectivity index (χ4n) is 3.57. The van der Waals surface area contributed by atoms with Crippen LogP contribution in [0.4, 0.5) is 0 Å². The minimum absolute atomic E-state index is 0.135. The van der Waals surface area contributed by atoms with Crippen molar-refractivity contribution >= 4 is 11.8 Å². The van der Waals surface area contributed by atoms with Crippen LogP contribution in [-0.2, 0) is 14.3 Å². The fourth-order valence-corrected chi connectivity index (χ4v) is 3.57. The van der Waals surface area contributed by atoms with Crippen molar-refractivity contribution in [3.05, 3.63) is 34.9 Å². The number of esters is 1. The number of Topliss-reactive ketones (excluding diaryl/α,β-unsaturated/α-hetero) is 1. The normalized spacial score (nSPS) is 21.6. The molecule has 1 aliphatic carbocycles. The molecule has 0 saturated heterocycles. The molecule has 128 valence electrons. The monoisotopic (exact) mass is 327 g/mol. The first-order valence-electron chi connectivity index (χ1n) is 8.66. The molecule has 3 unspecified atom stereocenters. The molecule has 1 aromatic carbocycles. The maximum absolute atomic E-state index is 13.1. The molecule has 1 fully saturated rings. The molecule has 4 heteroatoms. The number of rotatable bonds is 5. The summed E-state index contributed by atoms with van der Waals surface area (Å²) in [6, 6.07) is 7.99. The van der Waals surface area contributed by atoms with Gasteiger partial charge in [-0.25, -0.2) is 0 Å². The molecule has 0 heterocycles. The van der Waals surface area contributed by atoms with E-state index in [0.717, 1.165) is 29.5 Å². The molecule has 2 rings (SSSR count). The Morgan fingerprint density at radius 1 is 1.25 bits per heavy atom. The number of ether oxygens (including phenoxy) is 1. The molecule has 1 saturated carbocycles. The molecule has 0 aromatic heterocycles. The van der Waals surface area contributed by atoms with Crippen LogP contribution in [0, 0.1) is 37.0 Å². The van der Waals surface area contributed by atoms with Crippen LogP contribution in [0.3, 0.4) is 0 Å². The number of ketones is 1. The Bertz CT molecular complexity index is 659. The highest BCUT2D eigenvalue weighted by atomic mass is 16.5. The van der Waals surface area contributed by atoms with Gasteiger partial charge in [-0.3, -0.25) is 9.59 Å². The first kappa shape index (κ1) is 18.2. The van der Waals surface area contributed by atoms with Crippen molar-refractivity contribution in [2.24, 2.45) is 11.8 Å². The van der Waals surface area contributed by atoms with Gasteiger partial charge in [0.15, 0.2) is 5.78 Å². The van der Waals surface area contributed by atoms with Crippen molar-refractivity contribution in [2.75, 3.05) is 6.61 Å². The van der Waals surface area contributed by atoms with Crippen LogP contribution in [0.2, 0.25) is 0 Å². The van der Waals surface area contributed by atoms with Crippen LogP contribution in [0.15, 0.2) is 18.2 Å². The van der Waals surface area contributed by atoms with Crippen molar-refractivity contribution in [2.45, 2.75) is 52.4 Å². The van der Waals surface area contributed by atoms with Crippen molar-refractivity contribution in [1.82, 2.24) is 0 Å². The van der Waals surface area contributed by atoms with Crippen LogP contribution in [0.25, 0.3) is 0 Å². The average Bonchev–Trinajstić information content (AvgIpc) is 2.58. The van der Waals surface area contributed by atoms with Crippen LogP contribution in [0.1, 0.15) is 55.2 Å². The molecular formula is C20H25NO3. The molecule has 0 N–H and O–H groups in total. The molecule has 1 aliphatic rings. The molecule has 24 heavy (non-hydrogen) atoms. The minimum atomic E-state index is -0.815. The van der Waals surface area contributed by atoms with E-state index in [1.54, 1.807) is 6.92 Å². The Morgan fingerprint density at radius 3 is 2.54 bits per heavy atom. The smallest absolute Gasteiger partial charge is 0.309 e. The highest BCUT2D eigenvalue weighted by Gasteiger charge is 2.40. The van der Waals surface area contributed by atoms with Crippen LogP contribution >= 0.6 is 0 Å². The third-order valence-electron chi connectivity index (χ3n) is 4.88. The molecule has 0 spiro atoms. The van der Waals surface area contributed by atoms with Crippen LogP contribution in [0.5, 0.6) is 0 Å². The zero-order valence-corrected chi connectivity index (χ0v) is 14.7. The standard InChI is InChI=1S/C20H25NO3/c1-4-24-20(23)16-8-6-5-7-15(16)19(22)18(12-21)17-11-13(2)9-10-14(17)3/h9-11,15-16,18H,4-8H2,1-3H3. The zero-order valence-electron chi connectivity index (χ0n) is 14.7. The van der Waals surface area contributed by atoms with E-state index < -0.39 is 17.8 Å². The summed E-state index contributed by atoms with van der Waals surface area (Å²) in [5.74, 6) is -2.07. The summed E-state index contributed by atoms with van der Waals surface area (Å²) >= 11 is 0. The molecule has 0 amide bonds. The SMILES string of the molecule is CCOC(=O)C1CCCCC1C(=O)C(C#N)c1cc(C)ccc1C. The van der Waals surface area contributed by atoms with Gasteiger partial charge in [0.25, 0.3) is 0 Å². The average molecular weight is 327 g/mol. The number of carbonyl (C=O) groups excluding carboxylic acids is 2. The topological polar surface area (TPSA) is 67.2 Å². The summed E-state index contributed by atoms with van der Waals surface area (Å²) in [5, 5.41) is 9.64. The largest absolute Gasteiger partial charge is 0.466 e. The van der Waals surface area contributed by atoms with Gasteiger partial charge >= 0.3 is 5.97 Å². The molecule has 3 atom stereocenters. The highest BCUT2D eigenvalue weighted by molar-refractivity contribution is 5.94. The summed E-state index contributed by atoms with van der Waals surface area (Å²) in [5.41, 5.74) is 2.72. The first-order valence-corrected chi connectivity index (χ1v) is 8.66. The molecular weight excluding hydrogens is 302 g/mol. The zero-order chi connectivity index (χ0) is 17.7. The summed E-state index contributed by atoms with van der Waals surface area (Å²) in [6.45, 7) is 5.95. The van der Waals surface area contributed by atoms with E-state index in [4.69, 9.17) is 4.74 Å². The van der Waals surface area contributed by atoms with Gasteiger partial charge in [0, 0.05) is 5.92 Å². The third-order valence-corrected chi connectivity index (χ3v) is 4.88. The van der Waals surface area contributed by atoms with E-state index in [-0.39, 0.29) is 11.8 Å². The number of carbonyl (C=O) groups is 2. The van der Waals surface area contributed by atoms with Gasteiger partial charge in [0.1, 0.15) is 5.92 Å². The number of benzene rings is 1. The minimum Gasteiger partial charge on any atom is -0.466 e. The van der Waals surface area contributed by atoms with Crippen molar-refractivity contribution in [1.29, 1.82) is 5.26 Å². The molecule has 4 nitrogen and oxygen atoms in total. The number of nitrogens with zero attached hydrogens (tertiary/aromatic N) is 1. The summed E-state index contributed by atoms with van der Waals surface area (Å²) in [7, 11) is 0. The number of aryl methyl sites for hydroxylation is 2. The van der Waals surface area contributed by atoms with E-state index >= 15 is 0 Å². The van der Waals surface area contributed by atoms with E-state index in [9.17, 15) is 14.9 Å². The van der Waals surface area contributed by atoms with Gasteiger partial charge in [-0.15, -0.1) is 0 Å². The van der Waals surface area contributed by atoms with Gasteiger partial charge in [-0.05, 0) is 44.7 Å². The van der Waals surface area contributed by atoms with Crippen molar-refractivity contribution in [3.8, 4) is 6.07 Å². The van der Waals surface area contributed by atoms with Gasteiger partial charge in [0.05, 0.1) is 18.6 Å². The lowest BCUT2D eigenvalue weighted by molar-refractivity contribution is -0.154. The van der Waals surface area contributed by atoms with Crippen LogP contribution in [-0.4, -0.2) is 18.4 Å². The lowest BCUT2D eigenvalue weighted by atomic mass is 9.72. The molecule has 0 bridgehead atoms. The third kappa shape index (κ3) is 3.84. The summed E-state index contributed by atoms with van der Waals surface area (Å²) < 4.78 is 5.15. The Kier molecular flexibility index (Phi) is 6.14. The van der Waals surface area contributed by atoms with Gasteiger partial charge < -0.3 is 4.74 Å². The van der Waals surface area contributed by atoms with E-state index in [2.05, 4.69) is 6.07 Å². The van der Waals surface area contributed by atoms with Crippen molar-refractivity contribution < 1.29 is 14.3 Å². The highest BCUT2D eigenvalue weighted by Crippen LogP contribution is 2.36.